The van der Waals surface area contributed by atoms with Crippen molar-refractivity contribution in [2.24, 2.45) is 0 Å². The van der Waals surface area contributed by atoms with Crippen LogP contribution in [0.3, 0.4) is 0 Å². The van der Waals surface area contributed by atoms with Gasteiger partial charge in [0, 0.05) is 30.6 Å². The van der Waals surface area contributed by atoms with Crippen LogP contribution < -0.4 is 5.32 Å². The lowest BCUT2D eigenvalue weighted by atomic mass is 10.2. The monoisotopic (exact) mass is 405 g/mol. The van der Waals surface area contributed by atoms with E-state index < -0.39 is 0 Å². The molecule has 6 heteroatoms. The van der Waals surface area contributed by atoms with E-state index in [1.54, 1.807) is 11.1 Å². The Labute approximate surface area is 176 Å². The summed E-state index contributed by atoms with van der Waals surface area (Å²) in [5, 5.41) is 2.89. The summed E-state index contributed by atoms with van der Waals surface area (Å²) in [6.07, 6.45) is 3.09. The first kappa shape index (κ1) is 21.3. The Kier molecular flexibility index (Phi) is 7.38. The van der Waals surface area contributed by atoms with Crippen LogP contribution in [0.15, 0.2) is 65.2 Å². The molecule has 0 unspecified atom stereocenters. The summed E-state index contributed by atoms with van der Waals surface area (Å²) in [4.78, 5) is 31.0. The Bertz CT molecular complexity index is 982. The van der Waals surface area contributed by atoms with Crippen molar-refractivity contribution in [1.82, 2.24) is 9.88 Å². The van der Waals surface area contributed by atoms with Gasteiger partial charge in [0.1, 0.15) is 0 Å². The van der Waals surface area contributed by atoms with Gasteiger partial charge in [-0.05, 0) is 25.0 Å². The van der Waals surface area contributed by atoms with Crippen molar-refractivity contribution in [1.29, 1.82) is 0 Å². The van der Waals surface area contributed by atoms with Gasteiger partial charge in [0.25, 0.3) is 0 Å². The lowest BCUT2D eigenvalue weighted by Gasteiger charge is -2.21. The number of nitrogens with one attached hydrogen (secondary N) is 1. The molecule has 0 fully saturated rings. The molecular weight excluding hydrogens is 378 g/mol. The SMILES string of the molecule is CCCN(CC(=O)Nc1ccccc1C)C(=O)CCc1ncc(-c2ccccc2)o1. The summed E-state index contributed by atoms with van der Waals surface area (Å²) < 4.78 is 5.77. The fourth-order valence-corrected chi connectivity index (χ4v) is 3.17. The molecule has 2 amide bonds. The van der Waals surface area contributed by atoms with Crippen LogP contribution in [0.2, 0.25) is 0 Å². The fourth-order valence-electron chi connectivity index (χ4n) is 3.17. The molecule has 1 heterocycles. The van der Waals surface area contributed by atoms with E-state index in [1.807, 2.05) is 68.4 Å². The first-order valence-corrected chi connectivity index (χ1v) is 10.2. The number of oxazole rings is 1. The van der Waals surface area contributed by atoms with Crippen molar-refractivity contribution in [3.05, 3.63) is 72.2 Å². The zero-order valence-electron chi connectivity index (χ0n) is 17.4. The van der Waals surface area contributed by atoms with E-state index in [2.05, 4.69) is 10.3 Å². The molecule has 0 aliphatic heterocycles. The smallest absolute Gasteiger partial charge is 0.244 e. The average Bonchev–Trinajstić information content (AvgIpc) is 3.23. The summed E-state index contributed by atoms with van der Waals surface area (Å²) in [5.74, 6) is 0.911. The number of carbonyl (C=O) groups excluding carboxylic acids is 2. The Balaban J connectivity index is 1.56. The number of nitrogens with zero attached hydrogens (tertiary/aromatic N) is 2. The topological polar surface area (TPSA) is 75.4 Å². The molecule has 0 radical (unpaired) electrons. The van der Waals surface area contributed by atoms with Crippen LogP contribution in [0, 0.1) is 6.92 Å². The van der Waals surface area contributed by atoms with Gasteiger partial charge in [0.15, 0.2) is 11.7 Å². The molecule has 156 valence electrons. The van der Waals surface area contributed by atoms with Gasteiger partial charge in [-0.2, -0.15) is 0 Å². The van der Waals surface area contributed by atoms with E-state index >= 15 is 0 Å². The maximum Gasteiger partial charge on any atom is 0.244 e. The summed E-state index contributed by atoms with van der Waals surface area (Å²) in [6.45, 7) is 4.48. The third-order valence-electron chi connectivity index (χ3n) is 4.76. The second-order valence-corrected chi connectivity index (χ2v) is 7.16. The molecular formula is C24H27N3O3. The number of rotatable bonds is 9. The highest BCUT2D eigenvalue weighted by atomic mass is 16.4. The average molecular weight is 405 g/mol. The summed E-state index contributed by atoms with van der Waals surface area (Å²) in [5.41, 5.74) is 2.69. The number of hydrogen-bond acceptors (Lipinski definition) is 4. The first-order valence-electron chi connectivity index (χ1n) is 10.2. The van der Waals surface area contributed by atoms with Crippen molar-refractivity contribution in [3.8, 4) is 11.3 Å². The Morgan fingerprint density at radius 3 is 2.53 bits per heavy atom. The molecule has 1 aromatic heterocycles. The second-order valence-electron chi connectivity index (χ2n) is 7.16. The Morgan fingerprint density at radius 1 is 1.07 bits per heavy atom. The van der Waals surface area contributed by atoms with E-state index in [-0.39, 0.29) is 24.8 Å². The molecule has 0 aliphatic carbocycles. The van der Waals surface area contributed by atoms with E-state index in [1.165, 1.54) is 0 Å². The Morgan fingerprint density at radius 2 is 1.80 bits per heavy atom. The van der Waals surface area contributed by atoms with E-state index in [9.17, 15) is 9.59 Å². The minimum atomic E-state index is -0.200. The van der Waals surface area contributed by atoms with Crippen LogP contribution in [0.1, 0.15) is 31.2 Å². The fraction of sp³-hybridized carbons (Fsp3) is 0.292. The highest BCUT2D eigenvalue weighted by molar-refractivity contribution is 5.95. The number of hydrogen-bond donors (Lipinski definition) is 1. The second kappa shape index (κ2) is 10.4. The highest BCUT2D eigenvalue weighted by Gasteiger charge is 2.18. The van der Waals surface area contributed by atoms with Gasteiger partial charge in [-0.25, -0.2) is 4.98 Å². The van der Waals surface area contributed by atoms with E-state index in [0.717, 1.165) is 23.2 Å². The quantitative estimate of drug-likeness (QED) is 0.570. The lowest BCUT2D eigenvalue weighted by molar-refractivity contribution is -0.134. The maximum atomic E-state index is 12.7. The molecule has 2 aromatic carbocycles. The zero-order valence-corrected chi connectivity index (χ0v) is 17.4. The van der Waals surface area contributed by atoms with Crippen LogP contribution in [0.5, 0.6) is 0 Å². The first-order chi connectivity index (χ1) is 14.6. The molecule has 6 nitrogen and oxygen atoms in total. The number of amides is 2. The predicted molar refractivity (Wildman–Crippen MR) is 117 cm³/mol. The van der Waals surface area contributed by atoms with Gasteiger partial charge >= 0.3 is 0 Å². The molecule has 0 atom stereocenters. The van der Waals surface area contributed by atoms with Crippen LogP contribution in [0.25, 0.3) is 11.3 Å². The highest BCUT2D eigenvalue weighted by Crippen LogP contribution is 2.20. The molecule has 1 N–H and O–H groups in total. The third kappa shape index (κ3) is 5.80. The van der Waals surface area contributed by atoms with Crippen molar-refractivity contribution >= 4 is 17.5 Å². The normalized spacial score (nSPS) is 10.6. The number of aromatic nitrogens is 1. The number of benzene rings is 2. The van der Waals surface area contributed by atoms with E-state index in [4.69, 9.17) is 4.42 Å². The minimum absolute atomic E-state index is 0.0296. The number of aryl methyl sites for hydroxylation is 2. The molecule has 0 saturated carbocycles. The van der Waals surface area contributed by atoms with Crippen molar-refractivity contribution < 1.29 is 14.0 Å². The maximum absolute atomic E-state index is 12.7. The number of anilines is 1. The third-order valence-corrected chi connectivity index (χ3v) is 4.76. The van der Waals surface area contributed by atoms with Gasteiger partial charge in [-0.15, -0.1) is 0 Å². The standard InChI is InChI=1S/C24H27N3O3/c1-3-15-27(17-22(28)26-20-12-8-7-9-18(20)2)24(29)14-13-23-25-16-21(30-23)19-10-5-4-6-11-19/h4-12,16H,3,13-15,17H2,1-2H3,(H,26,28). The molecule has 0 spiro atoms. The molecule has 0 saturated heterocycles. The van der Waals surface area contributed by atoms with Crippen molar-refractivity contribution in [2.75, 3.05) is 18.4 Å². The van der Waals surface area contributed by atoms with Crippen molar-refractivity contribution in [2.45, 2.75) is 33.1 Å². The van der Waals surface area contributed by atoms with Gasteiger partial charge in [0.2, 0.25) is 11.8 Å². The van der Waals surface area contributed by atoms with Gasteiger partial charge in [-0.3, -0.25) is 9.59 Å². The van der Waals surface area contributed by atoms with Gasteiger partial charge < -0.3 is 14.6 Å². The number of carbonyl (C=O) groups is 2. The Hall–Kier alpha value is -3.41. The van der Waals surface area contributed by atoms with Crippen molar-refractivity contribution in [3.63, 3.8) is 0 Å². The largest absolute Gasteiger partial charge is 0.441 e. The zero-order chi connectivity index (χ0) is 21.3. The molecule has 0 bridgehead atoms. The molecule has 3 rings (SSSR count). The lowest BCUT2D eigenvalue weighted by Crippen LogP contribution is -2.38. The molecule has 30 heavy (non-hydrogen) atoms. The molecule has 0 aliphatic rings. The summed E-state index contributed by atoms with van der Waals surface area (Å²) in [7, 11) is 0. The minimum Gasteiger partial charge on any atom is -0.441 e. The van der Waals surface area contributed by atoms with Gasteiger partial charge in [-0.1, -0.05) is 55.5 Å². The summed E-state index contributed by atoms with van der Waals surface area (Å²) >= 11 is 0. The van der Waals surface area contributed by atoms with Crippen LogP contribution in [-0.4, -0.2) is 34.8 Å². The summed E-state index contributed by atoms with van der Waals surface area (Å²) in [6, 6.07) is 17.3. The van der Waals surface area contributed by atoms with Gasteiger partial charge in [0.05, 0.1) is 12.7 Å². The predicted octanol–water partition coefficient (Wildman–Crippen LogP) is 4.46. The molecule has 3 aromatic rings. The van der Waals surface area contributed by atoms with Crippen LogP contribution >= 0.6 is 0 Å². The number of para-hydroxylation sites is 1. The van der Waals surface area contributed by atoms with Crippen LogP contribution in [-0.2, 0) is 16.0 Å². The van der Waals surface area contributed by atoms with E-state index in [0.29, 0.717) is 24.6 Å². The van der Waals surface area contributed by atoms with Crippen LogP contribution in [0.4, 0.5) is 5.69 Å².